The van der Waals surface area contributed by atoms with Crippen LogP contribution in [0.4, 0.5) is 0 Å². The first-order valence-electron chi connectivity index (χ1n) is 16.4. The van der Waals surface area contributed by atoms with E-state index in [0.717, 1.165) is 49.9 Å². The van der Waals surface area contributed by atoms with Gasteiger partial charge in [-0.05, 0) is 110 Å². The highest BCUT2D eigenvalue weighted by Gasteiger charge is 2.64. The Morgan fingerprint density at radius 2 is 1.49 bits per heavy atom. The first-order chi connectivity index (χ1) is 19.7. The molecule has 41 heavy (non-hydrogen) atoms. The molecule has 7 rings (SSSR count). The van der Waals surface area contributed by atoms with Gasteiger partial charge in [-0.3, -0.25) is 4.79 Å². The second-order valence-electron chi connectivity index (χ2n) is 14.9. The minimum absolute atomic E-state index is 0.0713. The number of esters is 1. The number of carbonyl (C=O) groups is 1. The first kappa shape index (κ1) is 27.4. The zero-order valence-electron chi connectivity index (χ0n) is 25.5. The SMILES string of the molecule is CC(=O)O[C@H]1CC[C@@]2(C)C(=CC[C@H]3[C@@H]4CC[C@H]([C@]5(C)CCC(c6ccccc6)(c6ccccc6)O5)[C@@]4(C)CC[C@@H]32)C1. The minimum Gasteiger partial charge on any atom is -0.462 e. The van der Waals surface area contributed by atoms with Crippen LogP contribution in [0.25, 0.3) is 0 Å². The summed E-state index contributed by atoms with van der Waals surface area (Å²) in [5.74, 6) is 2.71. The lowest BCUT2D eigenvalue weighted by Crippen LogP contribution is -2.53. The molecule has 3 nitrogen and oxygen atoms in total. The third-order valence-electron chi connectivity index (χ3n) is 13.0. The second kappa shape index (κ2) is 9.83. The predicted molar refractivity (Wildman–Crippen MR) is 163 cm³/mol. The summed E-state index contributed by atoms with van der Waals surface area (Å²) in [6.07, 6.45) is 14.3. The molecule has 0 bridgehead atoms. The average molecular weight is 553 g/mol. The van der Waals surface area contributed by atoms with Crippen molar-refractivity contribution in [1.29, 1.82) is 0 Å². The standard InChI is InChI=1S/C38H48O3/c1-26(39)40-30-19-21-35(2)29(25-30)15-16-31-32-17-18-34(36(32,3)22-20-33(31)35)37(4)23-24-38(41-37,27-11-7-5-8-12-27)28-13-9-6-10-14-28/h5-15,30-34H,16-25H2,1-4H3/t30-,31-,32-,33-,34-,35-,36-,37-/m0/s1. The Bertz CT molecular complexity index is 1280. The van der Waals surface area contributed by atoms with Gasteiger partial charge in [0.25, 0.3) is 0 Å². The van der Waals surface area contributed by atoms with Crippen LogP contribution in [0.3, 0.4) is 0 Å². The highest BCUT2D eigenvalue weighted by Crippen LogP contribution is 2.69. The van der Waals surface area contributed by atoms with Gasteiger partial charge in [0, 0.05) is 13.3 Å². The van der Waals surface area contributed by atoms with Gasteiger partial charge in [0.05, 0.1) is 5.60 Å². The average Bonchev–Trinajstić information content (AvgIpc) is 3.53. The Kier molecular flexibility index (Phi) is 6.58. The molecule has 0 unspecified atom stereocenters. The largest absolute Gasteiger partial charge is 0.462 e. The molecular formula is C38H48O3. The van der Waals surface area contributed by atoms with Gasteiger partial charge >= 0.3 is 5.97 Å². The van der Waals surface area contributed by atoms with Crippen molar-refractivity contribution >= 4 is 5.97 Å². The minimum atomic E-state index is -0.376. The highest BCUT2D eigenvalue weighted by atomic mass is 16.5. The van der Waals surface area contributed by atoms with Gasteiger partial charge in [-0.15, -0.1) is 0 Å². The molecule has 0 amide bonds. The van der Waals surface area contributed by atoms with Crippen LogP contribution in [0.5, 0.6) is 0 Å². The molecule has 0 spiro atoms. The Morgan fingerprint density at radius 3 is 2.15 bits per heavy atom. The molecule has 4 aliphatic carbocycles. The quantitative estimate of drug-likeness (QED) is 0.280. The molecule has 8 atom stereocenters. The number of carbonyl (C=O) groups excluding carboxylic acids is 1. The lowest BCUT2D eigenvalue weighted by Gasteiger charge is -2.59. The highest BCUT2D eigenvalue weighted by molar-refractivity contribution is 5.66. The van der Waals surface area contributed by atoms with Crippen LogP contribution in [0.1, 0.15) is 103 Å². The Labute approximate surface area is 247 Å². The molecule has 4 fully saturated rings. The maximum absolute atomic E-state index is 11.7. The maximum atomic E-state index is 11.7. The van der Waals surface area contributed by atoms with Gasteiger partial charge in [-0.2, -0.15) is 0 Å². The van der Waals surface area contributed by atoms with Gasteiger partial charge < -0.3 is 9.47 Å². The molecule has 3 saturated carbocycles. The van der Waals surface area contributed by atoms with E-state index in [1.807, 2.05) is 0 Å². The molecule has 2 aromatic rings. The van der Waals surface area contributed by atoms with Crippen molar-refractivity contribution in [2.45, 2.75) is 109 Å². The van der Waals surface area contributed by atoms with E-state index in [4.69, 9.17) is 9.47 Å². The first-order valence-corrected chi connectivity index (χ1v) is 16.4. The van der Waals surface area contributed by atoms with Crippen LogP contribution in [0.15, 0.2) is 72.3 Å². The summed E-state index contributed by atoms with van der Waals surface area (Å²) in [5, 5.41) is 0. The summed E-state index contributed by atoms with van der Waals surface area (Å²) in [6, 6.07) is 22.0. The smallest absolute Gasteiger partial charge is 0.302 e. The van der Waals surface area contributed by atoms with Crippen LogP contribution in [0.2, 0.25) is 0 Å². The van der Waals surface area contributed by atoms with Crippen LogP contribution < -0.4 is 0 Å². The molecule has 1 saturated heterocycles. The second-order valence-corrected chi connectivity index (χ2v) is 14.9. The Hall–Kier alpha value is -2.39. The van der Waals surface area contributed by atoms with Gasteiger partial charge in [0.15, 0.2) is 0 Å². The fourth-order valence-electron chi connectivity index (χ4n) is 11.1. The van der Waals surface area contributed by atoms with E-state index in [2.05, 4.69) is 87.5 Å². The van der Waals surface area contributed by atoms with Crippen molar-refractivity contribution in [3.8, 4) is 0 Å². The summed E-state index contributed by atoms with van der Waals surface area (Å²) in [6.45, 7) is 9.20. The van der Waals surface area contributed by atoms with Crippen LogP contribution in [-0.2, 0) is 19.9 Å². The van der Waals surface area contributed by atoms with E-state index < -0.39 is 0 Å². The van der Waals surface area contributed by atoms with Gasteiger partial charge in [-0.25, -0.2) is 0 Å². The summed E-state index contributed by atoms with van der Waals surface area (Å²) in [7, 11) is 0. The fraction of sp³-hybridized carbons (Fsp3) is 0.605. The Morgan fingerprint density at radius 1 is 0.805 bits per heavy atom. The Balaban J connectivity index is 1.17. The molecule has 218 valence electrons. The normalized spacial score (nSPS) is 41.1. The summed E-state index contributed by atoms with van der Waals surface area (Å²) >= 11 is 0. The number of hydrogen-bond acceptors (Lipinski definition) is 3. The van der Waals surface area contributed by atoms with E-state index >= 15 is 0 Å². The lowest BCUT2D eigenvalue weighted by atomic mass is 9.46. The predicted octanol–water partition coefficient (Wildman–Crippen LogP) is 9.01. The lowest BCUT2D eigenvalue weighted by molar-refractivity contribution is -0.153. The van der Waals surface area contributed by atoms with E-state index in [0.29, 0.717) is 11.3 Å². The molecular weight excluding hydrogens is 504 g/mol. The third kappa shape index (κ3) is 4.20. The molecule has 0 radical (unpaired) electrons. The van der Waals surface area contributed by atoms with Gasteiger partial charge in [0.2, 0.25) is 0 Å². The van der Waals surface area contributed by atoms with Crippen LogP contribution in [0, 0.1) is 34.5 Å². The zero-order valence-corrected chi connectivity index (χ0v) is 25.5. The summed E-state index contributed by atoms with van der Waals surface area (Å²) in [5.41, 5.74) is 4.24. The molecule has 5 aliphatic rings. The van der Waals surface area contributed by atoms with Crippen LogP contribution >= 0.6 is 0 Å². The maximum Gasteiger partial charge on any atom is 0.302 e. The van der Waals surface area contributed by atoms with E-state index in [1.165, 1.54) is 43.2 Å². The number of rotatable bonds is 4. The number of hydrogen-bond donors (Lipinski definition) is 0. The molecule has 2 aromatic carbocycles. The number of allylic oxidation sites excluding steroid dienone is 1. The van der Waals surface area contributed by atoms with Crippen LogP contribution in [-0.4, -0.2) is 17.7 Å². The van der Waals surface area contributed by atoms with Crippen molar-refractivity contribution in [3.63, 3.8) is 0 Å². The van der Waals surface area contributed by atoms with Crippen molar-refractivity contribution < 1.29 is 14.3 Å². The number of benzene rings is 2. The van der Waals surface area contributed by atoms with Gasteiger partial charge in [-0.1, -0.05) is 86.2 Å². The topological polar surface area (TPSA) is 35.5 Å². The van der Waals surface area contributed by atoms with E-state index in [9.17, 15) is 4.79 Å². The monoisotopic (exact) mass is 552 g/mol. The van der Waals surface area contributed by atoms with Crippen molar-refractivity contribution in [2.24, 2.45) is 34.5 Å². The third-order valence-corrected chi connectivity index (χ3v) is 13.0. The number of ether oxygens (including phenoxy) is 2. The van der Waals surface area contributed by atoms with Gasteiger partial charge in [0.1, 0.15) is 11.7 Å². The van der Waals surface area contributed by atoms with E-state index in [-0.39, 0.29) is 28.7 Å². The summed E-state index contributed by atoms with van der Waals surface area (Å²) in [4.78, 5) is 11.7. The number of fused-ring (bicyclic) bond motifs is 5. The molecule has 3 heteroatoms. The fourth-order valence-corrected chi connectivity index (χ4v) is 11.1. The van der Waals surface area contributed by atoms with Crippen molar-refractivity contribution in [1.82, 2.24) is 0 Å². The molecule has 0 N–H and O–H groups in total. The zero-order chi connectivity index (χ0) is 28.5. The summed E-state index contributed by atoms with van der Waals surface area (Å²) < 4.78 is 13.2. The van der Waals surface area contributed by atoms with Crippen molar-refractivity contribution in [3.05, 3.63) is 83.4 Å². The van der Waals surface area contributed by atoms with E-state index in [1.54, 1.807) is 12.5 Å². The molecule has 0 aromatic heterocycles. The molecule has 1 heterocycles. The van der Waals surface area contributed by atoms with Crippen molar-refractivity contribution in [2.75, 3.05) is 0 Å². The molecule has 1 aliphatic heterocycles.